The highest BCUT2D eigenvalue weighted by Crippen LogP contribution is 1.87. The first kappa shape index (κ1) is 10.7. The van der Waals surface area contributed by atoms with Crippen LogP contribution in [0, 0.1) is 11.8 Å². The highest BCUT2D eigenvalue weighted by molar-refractivity contribution is 5.13. The molecule has 0 aromatic heterocycles. The normalized spacial score (nSPS) is 8.42. The van der Waals surface area contributed by atoms with E-state index in [-0.39, 0.29) is 0 Å². The van der Waals surface area contributed by atoms with E-state index in [4.69, 9.17) is 0 Å². The maximum absolute atomic E-state index is 3.67. The molecule has 0 fully saturated rings. The summed E-state index contributed by atoms with van der Waals surface area (Å²) in [5, 5.41) is 0. The van der Waals surface area contributed by atoms with Gasteiger partial charge in [-0.3, -0.25) is 4.90 Å². The summed E-state index contributed by atoms with van der Waals surface area (Å²) < 4.78 is 0. The molecule has 12 heavy (non-hydrogen) atoms. The quantitative estimate of drug-likeness (QED) is 0.439. The summed E-state index contributed by atoms with van der Waals surface area (Å²) in [5.41, 5.74) is 0. The predicted molar refractivity (Wildman–Crippen MR) is 54.8 cm³/mol. The number of nitrogens with zero attached hydrogens (tertiary/aromatic N) is 1. The molecule has 64 valence electrons. The minimum Gasteiger partial charge on any atom is -0.285 e. The summed E-state index contributed by atoms with van der Waals surface area (Å²) in [5.74, 6) is 5.77. The van der Waals surface area contributed by atoms with Crippen molar-refractivity contribution in [3.05, 3.63) is 38.0 Å². The lowest BCUT2D eigenvalue weighted by Gasteiger charge is -2.14. The monoisotopic (exact) mass is 161 g/mol. The molecule has 0 atom stereocenters. The largest absolute Gasteiger partial charge is 0.285 e. The summed E-state index contributed by atoms with van der Waals surface area (Å²) in [6, 6.07) is 0. The average Bonchev–Trinajstić information content (AvgIpc) is 2.06. The lowest BCUT2D eigenvalue weighted by atomic mass is 10.4. The third-order valence-corrected chi connectivity index (χ3v) is 1.28. The van der Waals surface area contributed by atoms with Crippen molar-refractivity contribution in [3.63, 3.8) is 0 Å². The van der Waals surface area contributed by atoms with Gasteiger partial charge in [0.15, 0.2) is 0 Å². The summed E-state index contributed by atoms with van der Waals surface area (Å²) in [6.07, 6.45) is 5.32. The highest BCUT2D eigenvalue weighted by atomic mass is 15.1. The molecule has 0 aliphatic rings. The van der Waals surface area contributed by atoms with E-state index in [0.29, 0.717) is 0 Å². The summed E-state index contributed by atoms with van der Waals surface area (Å²) in [4.78, 5) is 2.14. The van der Waals surface area contributed by atoms with Crippen LogP contribution in [-0.4, -0.2) is 24.5 Å². The molecule has 0 aliphatic carbocycles. The van der Waals surface area contributed by atoms with Crippen molar-refractivity contribution in [1.82, 2.24) is 4.90 Å². The van der Waals surface area contributed by atoms with Gasteiger partial charge in [-0.1, -0.05) is 30.6 Å². The van der Waals surface area contributed by atoms with Crippen LogP contribution in [-0.2, 0) is 0 Å². The molecule has 0 unspecified atom stereocenters. The van der Waals surface area contributed by atoms with Crippen LogP contribution in [0.4, 0.5) is 0 Å². The fraction of sp³-hybridized carbons (Fsp3) is 0.273. The van der Waals surface area contributed by atoms with E-state index in [2.05, 4.69) is 36.5 Å². The number of rotatable bonds is 5. The lowest BCUT2D eigenvalue weighted by molar-refractivity contribution is 0.379. The number of hydrogen-bond donors (Lipinski definition) is 0. The minimum absolute atomic E-state index is 0.740. The fourth-order valence-electron chi connectivity index (χ4n) is 0.798. The van der Waals surface area contributed by atoms with Gasteiger partial charge in [0.1, 0.15) is 0 Å². The lowest BCUT2D eigenvalue weighted by Crippen LogP contribution is -2.24. The molecule has 0 heterocycles. The van der Waals surface area contributed by atoms with Gasteiger partial charge in [0, 0.05) is 13.1 Å². The third-order valence-electron chi connectivity index (χ3n) is 1.28. The van der Waals surface area contributed by atoms with Crippen molar-refractivity contribution in [3.8, 4) is 11.8 Å². The van der Waals surface area contributed by atoms with Crippen molar-refractivity contribution in [2.45, 2.75) is 0 Å². The van der Waals surface area contributed by atoms with Gasteiger partial charge < -0.3 is 0 Å². The van der Waals surface area contributed by atoms with Crippen LogP contribution < -0.4 is 0 Å². The molecule has 1 nitrogen and oxygen atoms in total. The van der Waals surface area contributed by atoms with Crippen LogP contribution in [0.1, 0.15) is 0 Å². The minimum atomic E-state index is 0.740. The van der Waals surface area contributed by atoms with Crippen LogP contribution in [0.25, 0.3) is 0 Å². The molecule has 0 aromatic rings. The maximum Gasteiger partial charge on any atom is 0.0610 e. The Morgan fingerprint density at radius 3 is 2.08 bits per heavy atom. The fourth-order valence-corrected chi connectivity index (χ4v) is 0.798. The van der Waals surface area contributed by atoms with Crippen molar-refractivity contribution in [2.24, 2.45) is 0 Å². The zero-order chi connectivity index (χ0) is 9.23. The molecular formula is C11H15N. The standard InChI is InChI=1S/C11H15N/c1-4-7-8-11-12(9-5-2)10-6-3/h4-6H,1-3,9-11H2. The first-order valence-electron chi connectivity index (χ1n) is 3.88. The molecular weight excluding hydrogens is 146 g/mol. The van der Waals surface area contributed by atoms with Crippen molar-refractivity contribution in [1.29, 1.82) is 0 Å². The molecule has 0 bridgehead atoms. The van der Waals surface area contributed by atoms with Crippen molar-refractivity contribution in [2.75, 3.05) is 19.6 Å². The Labute approximate surface area is 75.1 Å². The first-order valence-corrected chi connectivity index (χ1v) is 3.88. The second kappa shape index (κ2) is 7.84. The Balaban J connectivity index is 3.83. The van der Waals surface area contributed by atoms with E-state index in [9.17, 15) is 0 Å². The van der Waals surface area contributed by atoms with E-state index in [1.807, 2.05) is 12.2 Å². The molecule has 0 spiro atoms. The zero-order valence-corrected chi connectivity index (χ0v) is 7.42. The smallest absolute Gasteiger partial charge is 0.0610 e. The van der Waals surface area contributed by atoms with Gasteiger partial charge in [-0.15, -0.1) is 13.2 Å². The average molecular weight is 161 g/mol. The Morgan fingerprint density at radius 1 is 1.08 bits per heavy atom. The maximum atomic E-state index is 3.67. The van der Waals surface area contributed by atoms with Gasteiger partial charge >= 0.3 is 0 Å². The Kier molecular flexibility index (Phi) is 7.02. The molecule has 0 rings (SSSR count). The Hall–Kier alpha value is -1.26. The Bertz CT molecular complexity index is 195. The van der Waals surface area contributed by atoms with Gasteiger partial charge in [-0.25, -0.2) is 0 Å². The summed E-state index contributed by atoms with van der Waals surface area (Å²) >= 11 is 0. The third kappa shape index (κ3) is 5.52. The van der Waals surface area contributed by atoms with E-state index < -0.39 is 0 Å². The van der Waals surface area contributed by atoms with Crippen LogP contribution in [0.5, 0.6) is 0 Å². The van der Waals surface area contributed by atoms with Crippen LogP contribution in [0.2, 0.25) is 0 Å². The van der Waals surface area contributed by atoms with Gasteiger partial charge in [0.25, 0.3) is 0 Å². The van der Waals surface area contributed by atoms with Crippen LogP contribution in [0.15, 0.2) is 38.0 Å². The topological polar surface area (TPSA) is 3.24 Å². The molecule has 0 radical (unpaired) electrons. The second-order valence-electron chi connectivity index (χ2n) is 2.30. The second-order valence-corrected chi connectivity index (χ2v) is 2.30. The number of allylic oxidation sites excluding steroid dienone is 1. The Morgan fingerprint density at radius 2 is 1.67 bits per heavy atom. The SMILES string of the molecule is C=CC#CCN(CC=C)CC=C. The number of hydrogen-bond acceptors (Lipinski definition) is 1. The van der Waals surface area contributed by atoms with Crippen LogP contribution >= 0.6 is 0 Å². The van der Waals surface area contributed by atoms with Crippen molar-refractivity contribution < 1.29 is 0 Å². The molecule has 0 aliphatic heterocycles. The first-order chi connectivity index (χ1) is 5.85. The van der Waals surface area contributed by atoms with Crippen LogP contribution in [0.3, 0.4) is 0 Å². The molecule has 0 saturated carbocycles. The van der Waals surface area contributed by atoms with Gasteiger partial charge in [-0.2, -0.15) is 0 Å². The molecule has 0 amide bonds. The predicted octanol–water partition coefficient (Wildman–Crippen LogP) is 1.85. The molecule has 0 N–H and O–H groups in total. The van der Waals surface area contributed by atoms with Gasteiger partial charge in [0.05, 0.1) is 6.54 Å². The molecule has 1 heteroatoms. The van der Waals surface area contributed by atoms with E-state index in [1.54, 1.807) is 6.08 Å². The van der Waals surface area contributed by atoms with E-state index in [0.717, 1.165) is 19.6 Å². The van der Waals surface area contributed by atoms with Gasteiger partial charge in [-0.05, 0) is 6.08 Å². The molecule has 0 saturated heterocycles. The van der Waals surface area contributed by atoms with E-state index >= 15 is 0 Å². The van der Waals surface area contributed by atoms with E-state index in [1.165, 1.54) is 0 Å². The van der Waals surface area contributed by atoms with Crippen molar-refractivity contribution >= 4 is 0 Å². The molecule has 0 aromatic carbocycles. The zero-order valence-electron chi connectivity index (χ0n) is 7.42. The highest BCUT2D eigenvalue weighted by Gasteiger charge is 1.95. The summed E-state index contributed by atoms with van der Waals surface area (Å²) in [6.45, 7) is 13.3. The summed E-state index contributed by atoms with van der Waals surface area (Å²) in [7, 11) is 0. The van der Waals surface area contributed by atoms with Gasteiger partial charge in [0.2, 0.25) is 0 Å².